The second kappa shape index (κ2) is 4.13. The molecule has 2 aromatic rings. The molecule has 7 nitrogen and oxygen atoms in total. The van der Waals surface area contributed by atoms with Gasteiger partial charge in [0.15, 0.2) is 11.8 Å². The second-order valence-corrected chi connectivity index (χ2v) is 3.11. The van der Waals surface area contributed by atoms with Crippen LogP contribution in [0.15, 0.2) is 22.8 Å². The summed E-state index contributed by atoms with van der Waals surface area (Å²) in [6.45, 7) is 1.62. The van der Waals surface area contributed by atoms with Crippen molar-refractivity contribution < 1.29 is 13.9 Å². The van der Waals surface area contributed by atoms with Crippen molar-refractivity contribution in [1.82, 2.24) is 20.2 Å². The molecular formula is C9H10N4O3. The van der Waals surface area contributed by atoms with Crippen molar-refractivity contribution in [3.05, 3.63) is 18.4 Å². The third-order valence-corrected chi connectivity index (χ3v) is 2.06. The van der Waals surface area contributed by atoms with Gasteiger partial charge in [-0.2, -0.15) is 0 Å². The quantitative estimate of drug-likeness (QED) is 0.709. The first kappa shape index (κ1) is 10.3. The lowest BCUT2D eigenvalue weighted by Crippen LogP contribution is -2.20. The molecule has 1 unspecified atom stereocenters. The summed E-state index contributed by atoms with van der Waals surface area (Å²) >= 11 is 0. The Kier molecular flexibility index (Phi) is 2.67. The zero-order valence-corrected chi connectivity index (χ0v) is 8.82. The van der Waals surface area contributed by atoms with Gasteiger partial charge < -0.3 is 9.15 Å². The Morgan fingerprint density at radius 1 is 1.62 bits per heavy atom. The van der Waals surface area contributed by atoms with Crippen molar-refractivity contribution in [3.8, 4) is 11.6 Å². The smallest absolute Gasteiger partial charge is 0.332 e. The van der Waals surface area contributed by atoms with Crippen LogP contribution in [0.3, 0.4) is 0 Å². The Labute approximate surface area is 91.0 Å². The minimum Gasteiger partial charge on any atom is -0.467 e. The number of ether oxygens (including phenoxy) is 1. The van der Waals surface area contributed by atoms with Gasteiger partial charge in [-0.1, -0.05) is 0 Å². The van der Waals surface area contributed by atoms with Crippen molar-refractivity contribution in [2.24, 2.45) is 0 Å². The molecule has 0 saturated carbocycles. The van der Waals surface area contributed by atoms with Crippen LogP contribution in [0.25, 0.3) is 11.6 Å². The number of carbonyl (C=O) groups is 1. The molecular weight excluding hydrogens is 212 g/mol. The average Bonchev–Trinajstić information content (AvgIpc) is 2.96. The highest BCUT2D eigenvalue weighted by Gasteiger charge is 2.19. The number of aromatic nitrogens is 4. The maximum atomic E-state index is 11.2. The fourth-order valence-corrected chi connectivity index (χ4v) is 1.16. The van der Waals surface area contributed by atoms with Gasteiger partial charge in [-0.3, -0.25) is 0 Å². The Bertz CT molecular complexity index is 477. The van der Waals surface area contributed by atoms with Crippen molar-refractivity contribution in [2.75, 3.05) is 7.11 Å². The van der Waals surface area contributed by atoms with Gasteiger partial charge >= 0.3 is 5.97 Å². The molecule has 16 heavy (non-hydrogen) atoms. The highest BCUT2D eigenvalue weighted by Crippen LogP contribution is 2.14. The molecule has 0 radical (unpaired) electrons. The lowest BCUT2D eigenvalue weighted by Gasteiger charge is -2.05. The summed E-state index contributed by atoms with van der Waals surface area (Å²) in [7, 11) is 1.31. The van der Waals surface area contributed by atoms with Gasteiger partial charge in [0.05, 0.1) is 13.4 Å². The van der Waals surface area contributed by atoms with Crippen LogP contribution >= 0.6 is 0 Å². The van der Waals surface area contributed by atoms with Crippen LogP contribution in [0.1, 0.15) is 13.0 Å². The number of tetrazole rings is 1. The Hall–Kier alpha value is -2.18. The summed E-state index contributed by atoms with van der Waals surface area (Å²) in [5, 5.41) is 11.6. The first-order chi connectivity index (χ1) is 7.72. The van der Waals surface area contributed by atoms with Crippen LogP contribution in [-0.2, 0) is 9.53 Å². The van der Waals surface area contributed by atoms with E-state index in [1.807, 2.05) is 0 Å². The molecule has 1 atom stereocenters. The van der Waals surface area contributed by atoms with Crippen LogP contribution in [-0.4, -0.2) is 33.3 Å². The van der Waals surface area contributed by atoms with Crippen LogP contribution in [0.2, 0.25) is 0 Å². The van der Waals surface area contributed by atoms with E-state index in [-0.39, 0.29) is 0 Å². The molecule has 0 fully saturated rings. The van der Waals surface area contributed by atoms with E-state index in [9.17, 15) is 4.79 Å². The van der Waals surface area contributed by atoms with E-state index >= 15 is 0 Å². The van der Waals surface area contributed by atoms with E-state index in [1.54, 1.807) is 19.1 Å². The van der Waals surface area contributed by atoms with E-state index in [0.29, 0.717) is 11.6 Å². The number of nitrogens with zero attached hydrogens (tertiary/aromatic N) is 4. The molecule has 0 amide bonds. The summed E-state index contributed by atoms with van der Waals surface area (Å²) in [4.78, 5) is 12.4. The van der Waals surface area contributed by atoms with E-state index in [2.05, 4.69) is 20.1 Å². The van der Waals surface area contributed by atoms with E-state index in [1.165, 1.54) is 18.2 Å². The largest absolute Gasteiger partial charge is 0.467 e. The maximum Gasteiger partial charge on any atom is 0.332 e. The molecule has 0 aliphatic heterocycles. The van der Waals surface area contributed by atoms with Crippen molar-refractivity contribution in [1.29, 1.82) is 0 Å². The summed E-state index contributed by atoms with van der Waals surface area (Å²) in [6, 6.07) is 2.82. The Morgan fingerprint density at radius 2 is 2.44 bits per heavy atom. The SMILES string of the molecule is COC(=O)C(C)n1nnc(-c2ccco2)n1. The molecule has 0 aromatic carbocycles. The summed E-state index contributed by atoms with van der Waals surface area (Å²) in [5.74, 6) is 0.410. The molecule has 84 valence electrons. The normalized spacial score (nSPS) is 12.4. The molecule has 2 rings (SSSR count). The topological polar surface area (TPSA) is 83.0 Å². The monoisotopic (exact) mass is 222 g/mol. The number of hydrogen-bond acceptors (Lipinski definition) is 6. The minimum absolute atomic E-state index is 0.334. The highest BCUT2D eigenvalue weighted by atomic mass is 16.5. The number of esters is 1. The highest BCUT2D eigenvalue weighted by molar-refractivity contribution is 5.73. The standard InChI is InChI=1S/C9H10N4O3/c1-6(9(14)15-2)13-11-8(10-12-13)7-4-3-5-16-7/h3-6H,1-2H3. The molecule has 0 saturated heterocycles. The predicted molar refractivity (Wildman–Crippen MR) is 52.2 cm³/mol. The minimum atomic E-state index is -0.610. The first-order valence-electron chi connectivity index (χ1n) is 4.63. The number of methoxy groups -OCH3 is 1. The fourth-order valence-electron chi connectivity index (χ4n) is 1.16. The number of rotatable bonds is 3. The van der Waals surface area contributed by atoms with E-state index in [4.69, 9.17) is 4.42 Å². The molecule has 0 aliphatic carbocycles. The Balaban J connectivity index is 2.23. The molecule has 0 aliphatic rings. The molecule has 2 aromatic heterocycles. The molecule has 0 bridgehead atoms. The van der Waals surface area contributed by atoms with Gasteiger partial charge in [-0.05, 0) is 24.3 Å². The number of hydrogen-bond donors (Lipinski definition) is 0. The maximum absolute atomic E-state index is 11.2. The van der Waals surface area contributed by atoms with E-state index < -0.39 is 12.0 Å². The van der Waals surface area contributed by atoms with Gasteiger partial charge in [0.2, 0.25) is 5.82 Å². The summed E-state index contributed by atoms with van der Waals surface area (Å²) in [6.07, 6.45) is 1.51. The van der Waals surface area contributed by atoms with Crippen LogP contribution in [0.4, 0.5) is 0 Å². The number of furan rings is 1. The number of carbonyl (C=O) groups excluding carboxylic acids is 1. The van der Waals surface area contributed by atoms with Crippen LogP contribution < -0.4 is 0 Å². The predicted octanol–water partition coefficient (Wildman–Crippen LogP) is 0.667. The van der Waals surface area contributed by atoms with Gasteiger partial charge in [0.25, 0.3) is 0 Å². The molecule has 0 spiro atoms. The molecule has 2 heterocycles. The first-order valence-corrected chi connectivity index (χ1v) is 4.63. The zero-order chi connectivity index (χ0) is 11.5. The van der Waals surface area contributed by atoms with Crippen molar-refractivity contribution in [3.63, 3.8) is 0 Å². The third-order valence-electron chi connectivity index (χ3n) is 2.06. The van der Waals surface area contributed by atoms with Gasteiger partial charge in [0, 0.05) is 0 Å². The van der Waals surface area contributed by atoms with Crippen molar-refractivity contribution >= 4 is 5.97 Å². The average molecular weight is 222 g/mol. The third kappa shape index (κ3) is 1.79. The lowest BCUT2D eigenvalue weighted by atomic mass is 10.4. The van der Waals surface area contributed by atoms with Gasteiger partial charge in [0.1, 0.15) is 0 Å². The second-order valence-electron chi connectivity index (χ2n) is 3.11. The van der Waals surface area contributed by atoms with Gasteiger partial charge in [-0.15, -0.1) is 15.0 Å². The zero-order valence-electron chi connectivity index (χ0n) is 8.82. The molecule has 0 N–H and O–H groups in total. The summed E-state index contributed by atoms with van der Waals surface area (Å²) < 4.78 is 9.68. The van der Waals surface area contributed by atoms with Crippen LogP contribution in [0, 0.1) is 0 Å². The fraction of sp³-hybridized carbons (Fsp3) is 0.333. The lowest BCUT2D eigenvalue weighted by molar-refractivity contribution is -0.144. The Morgan fingerprint density at radius 3 is 3.06 bits per heavy atom. The van der Waals surface area contributed by atoms with Crippen LogP contribution in [0.5, 0.6) is 0 Å². The van der Waals surface area contributed by atoms with E-state index in [0.717, 1.165) is 0 Å². The molecule has 7 heteroatoms. The van der Waals surface area contributed by atoms with Gasteiger partial charge in [-0.25, -0.2) is 4.79 Å². The summed E-state index contributed by atoms with van der Waals surface area (Å²) in [5.41, 5.74) is 0. The van der Waals surface area contributed by atoms with Crippen molar-refractivity contribution in [2.45, 2.75) is 13.0 Å².